The zero-order valence-electron chi connectivity index (χ0n) is 20.3. The summed E-state index contributed by atoms with van der Waals surface area (Å²) < 4.78 is 40.4. The van der Waals surface area contributed by atoms with Crippen molar-refractivity contribution in [3.8, 4) is 5.75 Å². The number of halogens is 1. The van der Waals surface area contributed by atoms with Gasteiger partial charge in [-0.2, -0.15) is 4.31 Å². The molecule has 0 saturated heterocycles. The summed E-state index contributed by atoms with van der Waals surface area (Å²) in [6.07, 6.45) is 0.727. The number of rotatable bonds is 12. The molecule has 1 heterocycles. The minimum atomic E-state index is -3.63. The van der Waals surface area contributed by atoms with Gasteiger partial charge in [0.2, 0.25) is 0 Å². The summed E-state index contributed by atoms with van der Waals surface area (Å²) in [6.45, 7) is 6.68. The number of thioether (sulfide) groups is 1. The van der Waals surface area contributed by atoms with E-state index in [-0.39, 0.29) is 6.61 Å². The van der Waals surface area contributed by atoms with Crippen LogP contribution < -0.4 is 10.2 Å². The molecule has 0 saturated carbocycles. The van der Waals surface area contributed by atoms with Crippen LogP contribution in [0, 0.1) is 6.92 Å². The topological polar surface area (TPSA) is 72.9 Å². The van der Waals surface area contributed by atoms with E-state index in [1.807, 2.05) is 52.0 Å². The van der Waals surface area contributed by atoms with Gasteiger partial charge in [0.15, 0.2) is 6.61 Å². The summed E-state index contributed by atoms with van der Waals surface area (Å²) in [5.74, 6) is 0.828. The number of carbonyl (C=O) groups excluding carboxylic acids is 1. The maximum Gasteiger partial charge on any atom is 0.344 e. The Hall–Kier alpha value is -1.72. The van der Waals surface area contributed by atoms with Crippen molar-refractivity contribution in [2.45, 2.75) is 36.3 Å². The number of carbonyl (C=O) groups is 1. The van der Waals surface area contributed by atoms with Gasteiger partial charge in [-0.3, -0.25) is 0 Å². The Kier molecular flexibility index (Phi) is 9.95. The number of fused-ring (bicyclic) bond motifs is 1. The van der Waals surface area contributed by atoms with Gasteiger partial charge in [0.25, 0.3) is 10.0 Å². The molecule has 1 aromatic heterocycles. The number of hydrogen-bond acceptors (Lipinski definition) is 7. The maximum absolute atomic E-state index is 13.6. The van der Waals surface area contributed by atoms with E-state index in [1.165, 1.54) is 11.3 Å². The minimum Gasteiger partial charge on any atom is -0.482 e. The summed E-state index contributed by atoms with van der Waals surface area (Å²) in [7, 11) is -1.78. The zero-order valence-corrected chi connectivity index (χ0v) is 23.5. The van der Waals surface area contributed by atoms with Crippen molar-refractivity contribution in [1.82, 2.24) is 4.31 Å². The number of thiophene rings is 1. The first-order chi connectivity index (χ1) is 16.7. The molecule has 0 fully saturated rings. The third-order valence-corrected chi connectivity index (χ3v) is 10.3. The number of benzene rings is 2. The van der Waals surface area contributed by atoms with Gasteiger partial charge in [-0.1, -0.05) is 24.0 Å². The Labute approximate surface area is 221 Å². The Balaban J connectivity index is 1.68. The number of aryl methyl sites for hydroxylation is 1. The van der Waals surface area contributed by atoms with Crippen molar-refractivity contribution in [2.75, 3.05) is 32.1 Å². The van der Waals surface area contributed by atoms with Crippen LogP contribution in [-0.2, 0) is 19.6 Å². The minimum absolute atomic E-state index is 0.131. The fraction of sp³-hybridized carbons (Fsp3) is 0.375. The third kappa shape index (κ3) is 6.95. The van der Waals surface area contributed by atoms with Crippen LogP contribution in [0.4, 0.5) is 0 Å². The van der Waals surface area contributed by atoms with E-state index in [0.717, 1.165) is 32.4 Å². The molecule has 11 heteroatoms. The maximum atomic E-state index is 13.6. The highest BCUT2D eigenvalue weighted by molar-refractivity contribution is 7.99. The van der Waals surface area contributed by atoms with E-state index in [2.05, 4.69) is 0 Å². The van der Waals surface area contributed by atoms with Gasteiger partial charge in [-0.05, 0) is 67.6 Å². The molecule has 3 aromatic rings. The molecule has 0 aliphatic heterocycles. The number of hydrogen-bond donors (Lipinski definition) is 0. The molecule has 0 unspecified atom stereocenters. The SMILES string of the molecule is Bc1c(S(=O)(=O)N(CCC)CCSc2ccc(OCC(=O)OCC)c(C)c2)sc2ccc(Cl)cc12. The number of sulfonamides is 1. The Morgan fingerprint density at radius 2 is 1.94 bits per heavy atom. The number of ether oxygens (including phenoxy) is 2. The third-order valence-electron chi connectivity index (χ3n) is 5.31. The average Bonchev–Trinajstić information content (AvgIpc) is 3.14. The van der Waals surface area contributed by atoms with Crippen LogP contribution >= 0.6 is 34.7 Å². The zero-order chi connectivity index (χ0) is 25.6. The van der Waals surface area contributed by atoms with Gasteiger partial charge >= 0.3 is 5.97 Å². The van der Waals surface area contributed by atoms with Gasteiger partial charge in [0.05, 0.1) is 6.61 Å². The summed E-state index contributed by atoms with van der Waals surface area (Å²) >= 11 is 9.01. The van der Waals surface area contributed by atoms with Crippen LogP contribution in [0.15, 0.2) is 45.5 Å². The molecular weight excluding hydrogens is 525 g/mol. The lowest BCUT2D eigenvalue weighted by molar-refractivity contribution is -0.145. The molecule has 0 amide bonds. The molecule has 2 aromatic carbocycles. The lowest BCUT2D eigenvalue weighted by atomic mass is 9.96. The second-order valence-electron chi connectivity index (χ2n) is 7.93. The summed E-state index contributed by atoms with van der Waals surface area (Å²) in [5.41, 5.74) is 1.65. The summed E-state index contributed by atoms with van der Waals surface area (Å²) in [4.78, 5) is 12.5. The Bertz CT molecular complexity index is 1300. The standard InChI is InChI=1S/C24H29BClNO5S3/c1-4-10-27(35(29,30)24-23(25)19-14-17(26)6-9-21(19)34-24)11-12-33-18-7-8-20(16(3)13-18)32-15-22(28)31-5-2/h6-9,13-14H,4-5,10-12,15,25H2,1-3H3. The van der Waals surface area contributed by atoms with E-state index in [4.69, 9.17) is 21.1 Å². The van der Waals surface area contributed by atoms with Gasteiger partial charge in [0.1, 0.15) is 17.8 Å². The summed E-state index contributed by atoms with van der Waals surface area (Å²) in [6, 6.07) is 11.2. The average molecular weight is 554 g/mol. The second-order valence-corrected chi connectivity index (χ2v) is 12.7. The van der Waals surface area contributed by atoms with Gasteiger partial charge in [-0.15, -0.1) is 23.1 Å². The Morgan fingerprint density at radius 3 is 2.63 bits per heavy atom. The molecular formula is C24H29BClNO5S3. The highest BCUT2D eigenvalue weighted by Crippen LogP contribution is 2.31. The predicted molar refractivity (Wildman–Crippen MR) is 148 cm³/mol. The number of nitrogens with zero attached hydrogens (tertiary/aromatic N) is 1. The normalized spacial score (nSPS) is 11.8. The highest BCUT2D eigenvalue weighted by atomic mass is 35.5. The molecule has 0 bridgehead atoms. The molecule has 0 radical (unpaired) electrons. The second kappa shape index (κ2) is 12.5. The number of esters is 1. The van der Waals surface area contributed by atoms with E-state index in [1.54, 1.807) is 29.1 Å². The molecule has 35 heavy (non-hydrogen) atoms. The lowest BCUT2D eigenvalue weighted by Gasteiger charge is -2.21. The van der Waals surface area contributed by atoms with Crippen molar-refractivity contribution < 1.29 is 22.7 Å². The quantitative estimate of drug-likeness (QED) is 0.190. The molecule has 0 atom stereocenters. The summed E-state index contributed by atoms with van der Waals surface area (Å²) in [5, 5.41) is 1.48. The first-order valence-electron chi connectivity index (χ1n) is 11.4. The van der Waals surface area contributed by atoms with Crippen LogP contribution in [0.2, 0.25) is 5.02 Å². The van der Waals surface area contributed by atoms with Crippen LogP contribution in [-0.4, -0.2) is 58.6 Å². The largest absolute Gasteiger partial charge is 0.482 e. The van der Waals surface area contributed by atoms with Crippen molar-refractivity contribution in [3.63, 3.8) is 0 Å². The van der Waals surface area contributed by atoms with Crippen molar-refractivity contribution >= 4 is 74.1 Å². The first kappa shape index (κ1) is 27.9. The first-order valence-corrected chi connectivity index (χ1v) is 15.0. The van der Waals surface area contributed by atoms with Crippen LogP contribution in [0.3, 0.4) is 0 Å². The van der Waals surface area contributed by atoms with Crippen LogP contribution in [0.25, 0.3) is 10.1 Å². The molecule has 0 N–H and O–H groups in total. The molecule has 0 aliphatic rings. The molecule has 6 nitrogen and oxygen atoms in total. The van der Waals surface area contributed by atoms with Gasteiger partial charge in [-0.25, -0.2) is 13.2 Å². The van der Waals surface area contributed by atoms with Crippen molar-refractivity contribution in [2.24, 2.45) is 0 Å². The fourth-order valence-corrected chi connectivity index (χ4v) is 8.29. The smallest absolute Gasteiger partial charge is 0.344 e. The molecule has 188 valence electrons. The predicted octanol–water partition coefficient (Wildman–Crippen LogP) is 4.26. The van der Waals surface area contributed by atoms with E-state index in [0.29, 0.717) is 40.4 Å². The van der Waals surface area contributed by atoms with Crippen molar-refractivity contribution in [3.05, 3.63) is 47.0 Å². The monoisotopic (exact) mass is 553 g/mol. The van der Waals surface area contributed by atoms with E-state index in [9.17, 15) is 13.2 Å². The van der Waals surface area contributed by atoms with Crippen molar-refractivity contribution in [1.29, 1.82) is 0 Å². The van der Waals surface area contributed by atoms with Crippen LogP contribution in [0.5, 0.6) is 5.75 Å². The van der Waals surface area contributed by atoms with E-state index < -0.39 is 16.0 Å². The van der Waals surface area contributed by atoms with Crippen LogP contribution in [0.1, 0.15) is 25.8 Å². The molecule has 0 aliphatic carbocycles. The van der Waals surface area contributed by atoms with Gasteiger partial charge < -0.3 is 9.47 Å². The highest BCUT2D eigenvalue weighted by Gasteiger charge is 2.28. The molecule has 3 rings (SSSR count). The Morgan fingerprint density at radius 1 is 1.17 bits per heavy atom. The lowest BCUT2D eigenvalue weighted by Crippen LogP contribution is -2.35. The van der Waals surface area contributed by atoms with Gasteiger partial charge in [0, 0.05) is 33.5 Å². The molecule has 0 spiro atoms. The van der Waals surface area contributed by atoms with E-state index >= 15 is 0 Å². The fourth-order valence-electron chi connectivity index (χ4n) is 3.61.